The van der Waals surface area contributed by atoms with Crippen molar-refractivity contribution in [2.24, 2.45) is 22.2 Å². The van der Waals surface area contributed by atoms with E-state index in [4.69, 9.17) is 17.2 Å². The van der Waals surface area contributed by atoms with Gasteiger partial charge < -0.3 is 48.3 Å². The van der Waals surface area contributed by atoms with Gasteiger partial charge in [-0.2, -0.15) is 11.8 Å². The Hall–Kier alpha value is -3.82. The number of aliphatic imine (C=N–C) groups is 1. The van der Waals surface area contributed by atoms with Crippen LogP contribution in [-0.2, 0) is 25.6 Å². The Balaban J connectivity index is 2.29. The van der Waals surface area contributed by atoms with Crippen LogP contribution < -0.4 is 33.2 Å². The number of H-pyrrole nitrogens is 1. The first kappa shape index (κ1) is 33.4. The van der Waals surface area contributed by atoms with Crippen LogP contribution in [0.3, 0.4) is 0 Å². The van der Waals surface area contributed by atoms with Crippen molar-refractivity contribution in [2.75, 3.05) is 18.6 Å². The fraction of sp³-hybridized carbons (Fsp3) is 0.500. The largest absolute Gasteiger partial charge is 0.480 e. The van der Waals surface area contributed by atoms with Crippen LogP contribution in [0, 0.1) is 0 Å². The summed E-state index contributed by atoms with van der Waals surface area (Å²) in [5.74, 6) is -2.94. The zero-order valence-electron chi connectivity index (χ0n) is 23.1. The summed E-state index contributed by atoms with van der Waals surface area (Å²) in [5.41, 5.74) is 17.9. The lowest BCUT2D eigenvalue weighted by molar-refractivity contribution is -0.142. The molecule has 1 aromatic carbocycles. The number of rotatable bonds is 17. The average Bonchev–Trinajstić information content (AvgIpc) is 3.33. The molecule has 15 heteroatoms. The number of aromatic amines is 1. The molecule has 14 nitrogen and oxygen atoms in total. The van der Waals surface area contributed by atoms with E-state index in [1.54, 1.807) is 6.20 Å². The number of carbonyl (C=O) groups is 4. The summed E-state index contributed by atoms with van der Waals surface area (Å²) in [7, 11) is 0. The number of aliphatic carboxylic acids is 1. The third-order valence-electron chi connectivity index (χ3n) is 6.36. The molecule has 2 aromatic rings. The monoisotopic (exact) mass is 592 g/mol. The molecule has 2 rings (SSSR count). The number of fused-ring (bicyclic) bond motifs is 1. The van der Waals surface area contributed by atoms with Crippen molar-refractivity contribution in [3.8, 4) is 0 Å². The van der Waals surface area contributed by atoms with Gasteiger partial charge in [-0.3, -0.25) is 19.4 Å². The summed E-state index contributed by atoms with van der Waals surface area (Å²) in [6, 6.07) is 2.68. The van der Waals surface area contributed by atoms with E-state index in [-0.39, 0.29) is 31.8 Å². The molecule has 0 spiro atoms. The second-order valence-corrected chi connectivity index (χ2v) is 10.6. The van der Waals surface area contributed by atoms with E-state index in [9.17, 15) is 29.4 Å². The first-order chi connectivity index (χ1) is 19.4. The zero-order chi connectivity index (χ0) is 30.5. The van der Waals surface area contributed by atoms with Gasteiger partial charge in [0.2, 0.25) is 17.7 Å². The molecule has 5 unspecified atom stereocenters. The van der Waals surface area contributed by atoms with Gasteiger partial charge in [0.1, 0.15) is 24.2 Å². The summed E-state index contributed by atoms with van der Waals surface area (Å²) in [6.07, 6.45) is 3.03. The molecular formula is C26H40N8O6S. The van der Waals surface area contributed by atoms with Crippen molar-refractivity contribution in [1.82, 2.24) is 20.9 Å². The molecule has 1 heterocycles. The third-order valence-corrected chi connectivity index (χ3v) is 7.00. The third kappa shape index (κ3) is 10.6. The minimum atomic E-state index is -1.25. The highest BCUT2D eigenvalue weighted by molar-refractivity contribution is 7.98. The Morgan fingerprint density at radius 1 is 1.00 bits per heavy atom. The van der Waals surface area contributed by atoms with Crippen LogP contribution in [0.4, 0.5) is 0 Å². The number of amides is 3. The van der Waals surface area contributed by atoms with E-state index in [1.165, 1.54) is 18.7 Å². The Labute approximate surface area is 242 Å². The highest BCUT2D eigenvalue weighted by atomic mass is 32.2. The number of thioether (sulfide) groups is 1. The molecule has 3 amide bonds. The summed E-state index contributed by atoms with van der Waals surface area (Å²) >= 11 is 1.46. The minimum Gasteiger partial charge on any atom is -0.480 e. The van der Waals surface area contributed by atoms with Gasteiger partial charge >= 0.3 is 5.97 Å². The molecule has 0 saturated carbocycles. The number of aliphatic hydroxyl groups is 1. The molecule has 0 saturated heterocycles. The van der Waals surface area contributed by atoms with Crippen molar-refractivity contribution in [2.45, 2.75) is 62.9 Å². The number of carbonyl (C=O) groups excluding carboxylic acids is 3. The van der Waals surface area contributed by atoms with Gasteiger partial charge in [-0.05, 0) is 49.8 Å². The van der Waals surface area contributed by atoms with Crippen molar-refractivity contribution >= 4 is 52.3 Å². The standard InChI is InChI=1S/C26H40N8O6S/c1-14(35)21(27)24(38)32-18(9-11-41-2)22(36)34-20(12-15-13-31-17-7-4-3-6-16(15)17)23(37)33-19(25(39)40)8-5-10-30-26(28)29/h3-4,6-7,13-14,18-21,31,35H,5,8-12,27H2,1-2H3,(H,32,38)(H,33,37)(H,34,36)(H,39,40)(H4,28,29,30). The minimum absolute atomic E-state index is 0.0400. The maximum absolute atomic E-state index is 13.4. The van der Waals surface area contributed by atoms with Crippen LogP contribution in [-0.4, -0.2) is 93.7 Å². The fourth-order valence-electron chi connectivity index (χ4n) is 4.03. The van der Waals surface area contributed by atoms with Crippen molar-refractivity contribution in [3.63, 3.8) is 0 Å². The van der Waals surface area contributed by atoms with Gasteiger partial charge in [0.15, 0.2) is 5.96 Å². The van der Waals surface area contributed by atoms with Crippen LogP contribution in [0.1, 0.15) is 31.7 Å². The second kappa shape index (κ2) is 16.4. The topological polar surface area (TPSA) is 251 Å². The van der Waals surface area contributed by atoms with E-state index >= 15 is 0 Å². The number of guanidine groups is 1. The molecule has 226 valence electrons. The zero-order valence-corrected chi connectivity index (χ0v) is 23.9. The van der Waals surface area contributed by atoms with Gasteiger partial charge in [-0.1, -0.05) is 18.2 Å². The quantitative estimate of drug-likeness (QED) is 0.0600. The van der Waals surface area contributed by atoms with Crippen LogP contribution in [0.2, 0.25) is 0 Å². The van der Waals surface area contributed by atoms with Crippen LogP contribution >= 0.6 is 11.8 Å². The number of aromatic nitrogens is 1. The van der Waals surface area contributed by atoms with Crippen molar-refractivity contribution in [1.29, 1.82) is 0 Å². The Kier molecular flexibility index (Phi) is 13.4. The number of nitrogens with zero attached hydrogens (tertiary/aromatic N) is 1. The predicted molar refractivity (Wildman–Crippen MR) is 158 cm³/mol. The van der Waals surface area contributed by atoms with Crippen LogP contribution in [0.15, 0.2) is 35.5 Å². The molecular weight excluding hydrogens is 552 g/mol. The van der Waals surface area contributed by atoms with Gasteiger partial charge in [0.05, 0.1) is 6.10 Å². The van der Waals surface area contributed by atoms with Gasteiger partial charge in [0, 0.05) is 30.1 Å². The smallest absolute Gasteiger partial charge is 0.326 e. The molecule has 41 heavy (non-hydrogen) atoms. The number of carboxylic acid groups (broad SMARTS) is 1. The maximum atomic E-state index is 13.4. The number of nitrogens with two attached hydrogens (primary N) is 3. The van der Waals surface area contributed by atoms with E-state index in [0.29, 0.717) is 12.2 Å². The number of nitrogens with one attached hydrogen (secondary N) is 4. The molecule has 0 fully saturated rings. The Bertz CT molecular complexity index is 1220. The summed E-state index contributed by atoms with van der Waals surface area (Å²) in [4.78, 5) is 58.2. The first-order valence-electron chi connectivity index (χ1n) is 13.1. The Morgan fingerprint density at radius 2 is 1.63 bits per heavy atom. The lowest BCUT2D eigenvalue weighted by Gasteiger charge is -2.25. The normalized spacial score (nSPS) is 14.7. The van der Waals surface area contributed by atoms with E-state index in [0.717, 1.165) is 16.5 Å². The molecule has 0 radical (unpaired) electrons. The summed E-state index contributed by atoms with van der Waals surface area (Å²) in [6.45, 7) is 1.54. The van der Waals surface area contributed by atoms with Crippen LogP contribution in [0.5, 0.6) is 0 Å². The highest BCUT2D eigenvalue weighted by Crippen LogP contribution is 2.19. The number of benzene rings is 1. The molecule has 5 atom stereocenters. The molecule has 0 bridgehead atoms. The Morgan fingerprint density at radius 3 is 2.27 bits per heavy atom. The summed E-state index contributed by atoms with van der Waals surface area (Å²) < 4.78 is 0. The fourth-order valence-corrected chi connectivity index (χ4v) is 4.50. The SMILES string of the molecule is CSCCC(NC(=O)C(N)C(C)O)C(=O)NC(Cc1c[nH]c2ccccc12)C(=O)NC(CCCN=C(N)N)C(=O)O. The number of para-hydroxylation sites is 1. The number of hydrogen-bond acceptors (Lipinski definition) is 8. The lowest BCUT2D eigenvalue weighted by Crippen LogP contribution is -2.58. The van der Waals surface area contributed by atoms with Crippen LogP contribution in [0.25, 0.3) is 10.9 Å². The second-order valence-electron chi connectivity index (χ2n) is 9.58. The predicted octanol–water partition coefficient (Wildman–Crippen LogP) is -1.24. The van der Waals surface area contributed by atoms with Gasteiger partial charge in [-0.25, -0.2) is 4.79 Å². The lowest BCUT2D eigenvalue weighted by atomic mass is 10.0. The number of aliphatic hydroxyl groups excluding tert-OH is 1. The first-order valence-corrected chi connectivity index (χ1v) is 14.5. The molecule has 0 aliphatic carbocycles. The maximum Gasteiger partial charge on any atom is 0.326 e. The molecule has 0 aliphatic heterocycles. The summed E-state index contributed by atoms with van der Waals surface area (Å²) in [5, 5.41) is 28.0. The molecule has 0 aliphatic rings. The van der Waals surface area contributed by atoms with E-state index in [2.05, 4.69) is 25.9 Å². The van der Waals surface area contributed by atoms with Gasteiger partial charge in [-0.15, -0.1) is 0 Å². The number of carboxylic acids is 1. The van der Waals surface area contributed by atoms with Gasteiger partial charge in [0.25, 0.3) is 0 Å². The van der Waals surface area contributed by atoms with Crippen molar-refractivity contribution in [3.05, 3.63) is 36.0 Å². The average molecular weight is 593 g/mol. The van der Waals surface area contributed by atoms with E-state index < -0.39 is 54.0 Å². The number of hydrogen-bond donors (Lipinski definition) is 9. The van der Waals surface area contributed by atoms with Crippen molar-refractivity contribution < 1.29 is 29.4 Å². The molecule has 12 N–H and O–H groups in total. The highest BCUT2D eigenvalue weighted by Gasteiger charge is 2.31. The molecule has 1 aromatic heterocycles. The van der Waals surface area contributed by atoms with E-state index in [1.807, 2.05) is 30.5 Å².